The molecule has 0 aliphatic heterocycles. The summed E-state index contributed by atoms with van der Waals surface area (Å²) in [5, 5.41) is 0. The van der Waals surface area contributed by atoms with Gasteiger partial charge in [0.05, 0.1) is 24.2 Å². The van der Waals surface area contributed by atoms with Crippen molar-refractivity contribution >= 4 is 15.9 Å². The van der Waals surface area contributed by atoms with E-state index in [4.69, 9.17) is 4.42 Å². The van der Waals surface area contributed by atoms with E-state index in [2.05, 4.69) is 0 Å². The Morgan fingerprint density at radius 2 is 1.77 bits per heavy atom. The second-order valence-electron chi connectivity index (χ2n) is 5.52. The van der Waals surface area contributed by atoms with Crippen molar-refractivity contribution in [2.45, 2.75) is 17.6 Å². The normalized spacial score (nSPS) is 12.3. The lowest BCUT2D eigenvalue weighted by Gasteiger charge is -2.25. The van der Waals surface area contributed by atoms with Crippen LogP contribution in [0.4, 0.5) is 13.2 Å². The van der Waals surface area contributed by atoms with Crippen molar-refractivity contribution in [1.29, 1.82) is 0 Å². The van der Waals surface area contributed by atoms with Gasteiger partial charge in [-0.05, 0) is 24.3 Å². The number of sulfonamides is 1. The lowest BCUT2D eigenvalue weighted by Crippen LogP contribution is -2.44. The van der Waals surface area contributed by atoms with Crippen LogP contribution in [-0.4, -0.2) is 49.8 Å². The molecule has 2 rings (SSSR count). The van der Waals surface area contributed by atoms with E-state index in [0.29, 0.717) is 4.90 Å². The third kappa shape index (κ3) is 5.33. The monoisotopic (exact) mass is 390 g/mol. The molecule has 142 valence electrons. The van der Waals surface area contributed by atoms with E-state index in [-0.39, 0.29) is 10.7 Å². The zero-order chi connectivity index (χ0) is 19.4. The van der Waals surface area contributed by atoms with Crippen molar-refractivity contribution in [2.75, 3.05) is 20.1 Å². The number of rotatable bonds is 7. The molecule has 0 saturated heterocycles. The van der Waals surface area contributed by atoms with Crippen LogP contribution in [0, 0.1) is 0 Å². The first-order chi connectivity index (χ1) is 12.1. The minimum absolute atomic E-state index is 0.0521. The Bertz CT molecular complexity index is 821. The van der Waals surface area contributed by atoms with Crippen molar-refractivity contribution in [2.24, 2.45) is 0 Å². The van der Waals surface area contributed by atoms with Crippen LogP contribution in [0.5, 0.6) is 0 Å². The van der Waals surface area contributed by atoms with Crippen molar-refractivity contribution in [3.8, 4) is 0 Å². The number of amides is 1. The summed E-state index contributed by atoms with van der Waals surface area (Å²) in [7, 11) is -2.85. The summed E-state index contributed by atoms with van der Waals surface area (Å²) >= 11 is 0. The first-order valence-electron chi connectivity index (χ1n) is 7.48. The van der Waals surface area contributed by atoms with Gasteiger partial charge in [0, 0.05) is 7.05 Å². The minimum Gasteiger partial charge on any atom is -0.467 e. The summed E-state index contributed by atoms with van der Waals surface area (Å²) in [5.74, 6) is -0.822. The maximum Gasteiger partial charge on any atom is 0.406 e. The lowest BCUT2D eigenvalue weighted by molar-refractivity contribution is -0.162. The fourth-order valence-electron chi connectivity index (χ4n) is 2.19. The lowest BCUT2D eigenvalue weighted by atomic mass is 10.3. The SMILES string of the molecule is CN(CC(=O)N(Cc1ccco1)CC(F)(F)F)S(=O)(=O)c1ccccc1. The molecule has 2 aromatic rings. The number of carbonyl (C=O) groups is 1. The number of hydrogen-bond donors (Lipinski definition) is 0. The van der Waals surface area contributed by atoms with Gasteiger partial charge in [-0.15, -0.1) is 0 Å². The third-order valence-electron chi connectivity index (χ3n) is 3.46. The van der Waals surface area contributed by atoms with Gasteiger partial charge in [0.1, 0.15) is 12.3 Å². The number of nitrogens with zero attached hydrogens (tertiary/aromatic N) is 2. The van der Waals surface area contributed by atoms with Crippen molar-refractivity contribution < 1.29 is 30.8 Å². The molecule has 26 heavy (non-hydrogen) atoms. The van der Waals surface area contributed by atoms with Gasteiger partial charge in [-0.3, -0.25) is 4.79 Å². The molecule has 0 spiro atoms. The highest BCUT2D eigenvalue weighted by Gasteiger charge is 2.34. The minimum atomic E-state index is -4.63. The van der Waals surface area contributed by atoms with E-state index >= 15 is 0 Å². The van der Waals surface area contributed by atoms with Gasteiger partial charge in [0.2, 0.25) is 15.9 Å². The van der Waals surface area contributed by atoms with Crippen LogP contribution < -0.4 is 0 Å². The van der Waals surface area contributed by atoms with Gasteiger partial charge in [0.25, 0.3) is 0 Å². The fourth-order valence-corrected chi connectivity index (χ4v) is 3.33. The van der Waals surface area contributed by atoms with Gasteiger partial charge in [-0.1, -0.05) is 18.2 Å². The largest absolute Gasteiger partial charge is 0.467 e. The Kier molecular flexibility index (Phi) is 6.09. The molecule has 0 radical (unpaired) electrons. The number of halogens is 3. The Morgan fingerprint density at radius 3 is 2.31 bits per heavy atom. The Labute approximate surface area is 148 Å². The van der Waals surface area contributed by atoms with E-state index < -0.39 is 41.7 Å². The van der Waals surface area contributed by atoms with Crippen molar-refractivity contribution in [3.05, 3.63) is 54.5 Å². The molecule has 0 unspecified atom stereocenters. The molecule has 1 heterocycles. The van der Waals surface area contributed by atoms with Crippen LogP contribution in [0.1, 0.15) is 5.76 Å². The second-order valence-corrected chi connectivity index (χ2v) is 7.56. The highest BCUT2D eigenvalue weighted by atomic mass is 32.2. The highest BCUT2D eigenvalue weighted by molar-refractivity contribution is 7.89. The molecule has 6 nitrogen and oxygen atoms in total. The van der Waals surface area contributed by atoms with Gasteiger partial charge in [-0.25, -0.2) is 8.42 Å². The zero-order valence-electron chi connectivity index (χ0n) is 13.8. The smallest absolute Gasteiger partial charge is 0.406 e. The van der Waals surface area contributed by atoms with E-state index in [1.165, 1.54) is 42.7 Å². The van der Waals surface area contributed by atoms with Gasteiger partial charge < -0.3 is 9.32 Å². The molecule has 1 aromatic carbocycles. The number of carbonyl (C=O) groups excluding carboxylic acids is 1. The molecule has 0 fully saturated rings. The number of hydrogen-bond acceptors (Lipinski definition) is 4. The number of alkyl halides is 3. The molecule has 1 amide bonds. The summed E-state index contributed by atoms with van der Waals surface area (Å²) in [6.45, 7) is -2.65. The molecule has 0 atom stereocenters. The Morgan fingerprint density at radius 1 is 1.12 bits per heavy atom. The maximum absolute atomic E-state index is 12.8. The molecule has 1 aromatic heterocycles. The Hall–Kier alpha value is -2.33. The van der Waals surface area contributed by atoms with E-state index in [1.54, 1.807) is 6.07 Å². The van der Waals surface area contributed by atoms with Crippen LogP contribution in [0.3, 0.4) is 0 Å². The van der Waals surface area contributed by atoms with Crippen LogP contribution in [0.15, 0.2) is 58.0 Å². The summed E-state index contributed by atoms with van der Waals surface area (Å²) in [6.07, 6.45) is -3.35. The molecular weight excluding hydrogens is 373 g/mol. The molecule has 0 N–H and O–H groups in total. The average molecular weight is 390 g/mol. The van der Waals surface area contributed by atoms with Crippen molar-refractivity contribution in [3.63, 3.8) is 0 Å². The standard InChI is InChI=1S/C16H17F3N2O4S/c1-20(26(23,24)14-7-3-2-4-8-14)11-15(22)21(12-16(17,18)19)10-13-6-5-9-25-13/h2-9H,10-12H2,1H3. The van der Waals surface area contributed by atoms with Crippen LogP contribution >= 0.6 is 0 Å². The molecular formula is C16H17F3N2O4S. The van der Waals surface area contributed by atoms with Gasteiger partial charge in [-0.2, -0.15) is 17.5 Å². The average Bonchev–Trinajstić information content (AvgIpc) is 3.06. The van der Waals surface area contributed by atoms with E-state index in [0.717, 1.165) is 11.4 Å². The first kappa shape index (κ1) is 20.0. The molecule has 0 bridgehead atoms. The number of furan rings is 1. The molecule has 0 saturated carbocycles. The fraction of sp³-hybridized carbons (Fsp3) is 0.312. The maximum atomic E-state index is 12.8. The first-order valence-corrected chi connectivity index (χ1v) is 8.92. The summed E-state index contributed by atoms with van der Waals surface area (Å²) in [4.78, 5) is 12.8. The van der Waals surface area contributed by atoms with Gasteiger partial charge in [0.15, 0.2) is 0 Å². The van der Waals surface area contributed by atoms with Crippen LogP contribution in [-0.2, 0) is 21.4 Å². The van der Waals surface area contributed by atoms with Crippen LogP contribution in [0.2, 0.25) is 0 Å². The van der Waals surface area contributed by atoms with E-state index in [9.17, 15) is 26.4 Å². The number of likely N-dealkylation sites (N-methyl/N-ethyl adjacent to an activating group) is 1. The number of benzene rings is 1. The van der Waals surface area contributed by atoms with Crippen molar-refractivity contribution in [1.82, 2.24) is 9.21 Å². The summed E-state index contributed by atoms with van der Waals surface area (Å²) in [5.41, 5.74) is 0. The predicted molar refractivity (Wildman–Crippen MR) is 86.4 cm³/mol. The molecule has 10 heteroatoms. The molecule has 0 aliphatic carbocycles. The predicted octanol–water partition coefficient (Wildman–Crippen LogP) is 2.49. The third-order valence-corrected chi connectivity index (χ3v) is 5.28. The zero-order valence-corrected chi connectivity index (χ0v) is 14.6. The van der Waals surface area contributed by atoms with E-state index in [1.807, 2.05) is 0 Å². The second kappa shape index (κ2) is 7.92. The van der Waals surface area contributed by atoms with Gasteiger partial charge >= 0.3 is 6.18 Å². The summed E-state index contributed by atoms with van der Waals surface area (Å²) < 4.78 is 68.8. The molecule has 0 aliphatic rings. The quantitative estimate of drug-likeness (QED) is 0.728. The summed E-state index contributed by atoms with van der Waals surface area (Å²) in [6, 6.07) is 10.2. The van der Waals surface area contributed by atoms with Crippen LogP contribution in [0.25, 0.3) is 0 Å². The highest BCUT2D eigenvalue weighted by Crippen LogP contribution is 2.20. The Balaban J connectivity index is 2.15. The topological polar surface area (TPSA) is 70.8 Å².